The van der Waals surface area contributed by atoms with Crippen LogP contribution >= 0.6 is 0 Å². The van der Waals surface area contributed by atoms with E-state index in [2.05, 4.69) is 43.8 Å². The Balaban J connectivity index is 1.29. The number of hydrogen-bond acceptors (Lipinski definition) is 6. The maximum atomic E-state index is 6.00. The van der Waals surface area contributed by atoms with Gasteiger partial charge in [0.1, 0.15) is 6.04 Å². The summed E-state index contributed by atoms with van der Waals surface area (Å²) in [5, 5.41) is 12.7. The van der Waals surface area contributed by atoms with Crippen molar-refractivity contribution in [1.29, 1.82) is 0 Å². The van der Waals surface area contributed by atoms with Gasteiger partial charge in [-0.3, -0.25) is 4.99 Å². The summed E-state index contributed by atoms with van der Waals surface area (Å²) in [7, 11) is 1.69. The summed E-state index contributed by atoms with van der Waals surface area (Å²) < 4.78 is 7.44. The van der Waals surface area contributed by atoms with Crippen molar-refractivity contribution in [1.82, 2.24) is 30.0 Å². The van der Waals surface area contributed by atoms with Crippen LogP contribution in [-0.4, -0.2) is 49.6 Å². The van der Waals surface area contributed by atoms with Gasteiger partial charge in [0.2, 0.25) is 11.7 Å². The molecule has 5 rings (SSSR count). The summed E-state index contributed by atoms with van der Waals surface area (Å²) >= 11 is 0. The van der Waals surface area contributed by atoms with E-state index in [0.717, 1.165) is 36.2 Å². The zero-order valence-corrected chi connectivity index (χ0v) is 16.4. The zero-order valence-electron chi connectivity index (χ0n) is 16.4. The molecule has 1 saturated heterocycles. The second-order valence-corrected chi connectivity index (χ2v) is 7.70. The Labute approximate surface area is 168 Å². The van der Waals surface area contributed by atoms with Crippen molar-refractivity contribution in [3.63, 3.8) is 0 Å². The fourth-order valence-corrected chi connectivity index (χ4v) is 3.82. The second kappa shape index (κ2) is 7.31. The Bertz CT molecular complexity index is 1020. The lowest BCUT2D eigenvalue weighted by atomic mass is 10.1. The van der Waals surface area contributed by atoms with E-state index >= 15 is 0 Å². The predicted molar refractivity (Wildman–Crippen MR) is 107 cm³/mol. The standard InChI is InChI=1S/C20H24N8O/c1-22-20(21)28-10-2-3-17(28)19-23-18(25-29-19)15-6-4-13(5-7-15)11-27-12-16(24-26-27)14-8-9-14/h4-7,12,14,17H,2-3,8-11H2,1H3,(H2,21,22). The lowest BCUT2D eigenvalue weighted by molar-refractivity contribution is 0.284. The first-order chi connectivity index (χ1) is 14.2. The molecular formula is C20H24N8O. The van der Waals surface area contributed by atoms with Crippen LogP contribution in [0.15, 0.2) is 40.0 Å². The summed E-state index contributed by atoms with van der Waals surface area (Å²) in [5.74, 6) is 2.30. The molecule has 3 aromatic rings. The van der Waals surface area contributed by atoms with Crippen molar-refractivity contribution < 1.29 is 4.52 Å². The maximum absolute atomic E-state index is 6.00. The molecule has 9 nitrogen and oxygen atoms in total. The number of hydrogen-bond donors (Lipinski definition) is 1. The van der Waals surface area contributed by atoms with Crippen molar-refractivity contribution >= 4 is 5.96 Å². The largest absolute Gasteiger partial charge is 0.370 e. The van der Waals surface area contributed by atoms with Crippen LogP contribution in [0.2, 0.25) is 0 Å². The van der Waals surface area contributed by atoms with Crippen LogP contribution in [-0.2, 0) is 6.54 Å². The zero-order chi connectivity index (χ0) is 19.8. The summed E-state index contributed by atoms with van der Waals surface area (Å²) in [6.07, 6.45) is 6.47. The number of likely N-dealkylation sites (tertiary alicyclic amines) is 1. The molecule has 0 radical (unpaired) electrons. The minimum Gasteiger partial charge on any atom is -0.370 e. The highest BCUT2D eigenvalue weighted by molar-refractivity contribution is 5.78. The van der Waals surface area contributed by atoms with Gasteiger partial charge in [0.25, 0.3) is 0 Å². The summed E-state index contributed by atoms with van der Waals surface area (Å²) in [6.45, 7) is 1.55. The summed E-state index contributed by atoms with van der Waals surface area (Å²) in [4.78, 5) is 10.7. The van der Waals surface area contributed by atoms with Crippen LogP contribution in [0.5, 0.6) is 0 Å². The number of benzene rings is 1. The number of rotatable bonds is 5. The molecule has 2 aliphatic rings. The summed E-state index contributed by atoms with van der Waals surface area (Å²) in [5.41, 5.74) is 9.18. The highest BCUT2D eigenvalue weighted by Crippen LogP contribution is 2.38. The van der Waals surface area contributed by atoms with Crippen LogP contribution in [0.1, 0.15) is 54.8 Å². The number of guanidine groups is 1. The van der Waals surface area contributed by atoms with Gasteiger partial charge in [-0.15, -0.1) is 5.10 Å². The van der Waals surface area contributed by atoms with Crippen molar-refractivity contribution in [2.45, 2.75) is 44.2 Å². The molecule has 1 unspecified atom stereocenters. The Morgan fingerprint density at radius 1 is 1.24 bits per heavy atom. The molecule has 2 fully saturated rings. The maximum Gasteiger partial charge on any atom is 0.249 e. The Morgan fingerprint density at radius 2 is 2.07 bits per heavy atom. The van der Waals surface area contributed by atoms with Gasteiger partial charge >= 0.3 is 0 Å². The molecule has 3 heterocycles. The van der Waals surface area contributed by atoms with Gasteiger partial charge in [0.05, 0.1) is 12.2 Å². The average molecular weight is 392 g/mol. The Hall–Kier alpha value is -3.23. The molecule has 1 aliphatic heterocycles. The molecule has 0 bridgehead atoms. The van der Waals surface area contributed by atoms with Crippen LogP contribution in [0.3, 0.4) is 0 Å². The van der Waals surface area contributed by atoms with Crippen molar-refractivity contribution in [2.75, 3.05) is 13.6 Å². The van der Waals surface area contributed by atoms with Gasteiger partial charge in [0, 0.05) is 31.3 Å². The third kappa shape index (κ3) is 3.59. The van der Waals surface area contributed by atoms with Crippen LogP contribution in [0, 0.1) is 0 Å². The smallest absolute Gasteiger partial charge is 0.249 e. The van der Waals surface area contributed by atoms with E-state index in [1.807, 2.05) is 21.7 Å². The first kappa shape index (κ1) is 17.8. The van der Waals surface area contributed by atoms with Gasteiger partial charge in [-0.25, -0.2) is 4.68 Å². The van der Waals surface area contributed by atoms with E-state index in [4.69, 9.17) is 10.3 Å². The van der Waals surface area contributed by atoms with Crippen LogP contribution < -0.4 is 5.73 Å². The van der Waals surface area contributed by atoms with Gasteiger partial charge in [-0.05, 0) is 31.2 Å². The van der Waals surface area contributed by atoms with Gasteiger partial charge in [-0.2, -0.15) is 4.98 Å². The molecule has 1 aliphatic carbocycles. The first-order valence-corrected chi connectivity index (χ1v) is 10.0. The van der Waals surface area contributed by atoms with Gasteiger partial charge in [0.15, 0.2) is 5.96 Å². The molecule has 1 saturated carbocycles. The predicted octanol–water partition coefficient (Wildman–Crippen LogP) is 2.34. The number of aromatic nitrogens is 5. The van der Waals surface area contributed by atoms with Gasteiger partial charge in [-0.1, -0.05) is 34.6 Å². The molecule has 150 valence electrons. The topological polar surface area (TPSA) is 111 Å². The number of nitrogens with two attached hydrogens (primary N) is 1. The number of nitrogens with zero attached hydrogens (tertiary/aromatic N) is 7. The SMILES string of the molecule is CN=C(N)N1CCCC1c1nc(-c2ccc(Cn3cc(C4CC4)nn3)cc2)no1. The average Bonchev–Trinajstić information content (AvgIpc) is 3.15. The van der Waals surface area contributed by atoms with Crippen LogP contribution in [0.25, 0.3) is 11.4 Å². The third-order valence-electron chi connectivity index (χ3n) is 5.61. The van der Waals surface area contributed by atoms with Gasteiger partial charge < -0.3 is 15.2 Å². The molecule has 2 N–H and O–H groups in total. The fourth-order valence-electron chi connectivity index (χ4n) is 3.82. The fraction of sp³-hybridized carbons (Fsp3) is 0.450. The molecule has 1 atom stereocenters. The first-order valence-electron chi connectivity index (χ1n) is 10.0. The van der Waals surface area contributed by atoms with Crippen LogP contribution in [0.4, 0.5) is 0 Å². The molecule has 9 heteroatoms. The van der Waals surface area contributed by atoms with E-state index < -0.39 is 0 Å². The molecule has 0 spiro atoms. The van der Waals surface area contributed by atoms with E-state index in [-0.39, 0.29) is 6.04 Å². The lowest BCUT2D eigenvalue weighted by Crippen LogP contribution is -2.36. The molecular weight excluding hydrogens is 368 g/mol. The summed E-state index contributed by atoms with van der Waals surface area (Å²) in [6, 6.07) is 8.14. The lowest BCUT2D eigenvalue weighted by Gasteiger charge is -2.22. The van der Waals surface area contributed by atoms with E-state index in [9.17, 15) is 0 Å². The Morgan fingerprint density at radius 3 is 2.83 bits per heavy atom. The minimum atomic E-state index is -0.00722. The normalized spacial score (nSPS) is 19.8. The highest BCUT2D eigenvalue weighted by atomic mass is 16.5. The van der Waals surface area contributed by atoms with E-state index in [1.54, 1.807) is 7.05 Å². The quantitative estimate of drug-likeness (QED) is 0.524. The van der Waals surface area contributed by atoms with Crippen molar-refractivity contribution in [2.24, 2.45) is 10.7 Å². The van der Waals surface area contributed by atoms with Crippen molar-refractivity contribution in [3.05, 3.63) is 47.6 Å². The molecule has 1 aromatic carbocycles. The number of aliphatic imine (C=N–C) groups is 1. The monoisotopic (exact) mass is 392 g/mol. The van der Waals surface area contributed by atoms with E-state index in [0.29, 0.717) is 30.1 Å². The Kier molecular flexibility index (Phi) is 4.49. The minimum absolute atomic E-state index is 0.00722. The van der Waals surface area contributed by atoms with E-state index in [1.165, 1.54) is 12.8 Å². The second-order valence-electron chi connectivity index (χ2n) is 7.70. The van der Waals surface area contributed by atoms with Crippen molar-refractivity contribution in [3.8, 4) is 11.4 Å². The highest BCUT2D eigenvalue weighted by Gasteiger charge is 2.32. The molecule has 0 amide bonds. The molecule has 2 aromatic heterocycles. The molecule has 29 heavy (non-hydrogen) atoms. The third-order valence-corrected chi connectivity index (χ3v) is 5.61.